The van der Waals surface area contributed by atoms with Gasteiger partial charge in [0.1, 0.15) is 0 Å². The van der Waals surface area contributed by atoms with Crippen LogP contribution in [0.15, 0.2) is 24.3 Å². The molecule has 1 fully saturated rings. The van der Waals surface area contributed by atoms with Crippen molar-refractivity contribution in [2.45, 2.75) is 26.3 Å². The van der Waals surface area contributed by atoms with Crippen molar-refractivity contribution in [2.24, 2.45) is 0 Å². The highest BCUT2D eigenvalue weighted by Gasteiger charge is 2.12. The second-order valence-electron chi connectivity index (χ2n) is 4.47. The Labute approximate surface area is 92.3 Å². The molecule has 2 rings (SSSR count). The average Bonchev–Trinajstić information content (AvgIpc) is 2.44. The maximum Gasteiger partial charge on any atom is 0.0366 e. The highest BCUT2D eigenvalue weighted by atomic mass is 15.2. The first kappa shape index (κ1) is 10.5. The van der Waals surface area contributed by atoms with Crippen LogP contribution in [0.25, 0.3) is 0 Å². The molecule has 15 heavy (non-hydrogen) atoms. The number of benzene rings is 1. The summed E-state index contributed by atoms with van der Waals surface area (Å²) in [6.07, 6.45) is 1.23. The fraction of sp³-hybridized carbons (Fsp3) is 0.538. The fourth-order valence-corrected chi connectivity index (χ4v) is 2.02. The molecule has 1 aromatic carbocycles. The third kappa shape index (κ3) is 2.72. The van der Waals surface area contributed by atoms with Gasteiger partial charge in [-0.1, -0.05) is 17.7 Å². The van der Waals surface area contributed by atoms with Crippen LogP contribution in [0.4, 0.5) is 5.69 Å². The van der Waals surface area contributed by atoms with Crippen LogP contribution in [0.2, 0.25) is 0 Å². The second-order valence-corrected chi connectivity index (χ2v) is 4.47. The van der Waals surface area contributed by atoms with E-state index in [2.05, 4.69) is 48.3 Å². The van der Waals surface area contributed by atoms with E-state index in [0.717, 1.165) is 19.6 Å². The minimum atomic E-state index is 0.653. The van der Waals surface area contributed by atoms with E-state index in [1.807, 2.05) is 0 Å². The predicted molar refractivity (Wildman–Crippen MR) is 65.5 cm³/mol. The minimum absolute atomic E-state index is 0.653. The first-order valence-electron chi connectivity index (χ1n) is 5.81. The lowest BCUT2D eigenvalue weighted by Crippen LogP contribution is -2.28. The molecule has 1 saturated heterocycles. The molecule has 2 nitrogen and oxygen atoms in total. The van der Waals surface area contributed by atoms with Crippen LogP contribution >= 0.6 is 0 Å². The Bertz CT molecular complexity index is 305. The van der Waals surface area contributed by atoms with Crippen LogP contribution in [0.1, 0.15) is 18.9 Å². The fourth-order valence-electron chi connectivity index (χ4n) is 2.02. The number of hydrogen-bond donors (Lipinski definition) is 1. The SMILES string of the molecule is Cc1ccc(N2CCNC(C)CC2)cc1. The second kappa shape index (κ2) is 4.67. The standard InChI is InChI=1S/C13H20N2/c1-11-3-5-13(6-4-11)15-9-7-12(2)14-8-10-15/h3-6,12,14H,7-10H2,1-2H3. The summed E-state index contributed by atoms with van der Waals surface area (Å²) in [5, 5.41) is 3.51. The minimum Gasteiger partial charge on any atom is -0.370 e. The molecule has 1 aliphatic rings. The maximum absolute atomic E-state index is 3.51. The monoisotopic (exact) mass is 204 g/mol. The third-order valence-corrected chi connectivity index (χ3v) is 3.11. The Balaban J connectivity index is 2.06. The van der Waals surface area contributed by atoms with Gasteiger partial charge in [-0.2, -0.15) is 0 Å². The summed E-state index contributed by atoms with van der Waals surface area (Å²) in [5.41, 5.74) is 2.69. The largest absolute Gasteiger partial charge is 0.370 e. The number of hydrogen-bond acceptors (Lipinski definition) is 2. The summed E-state index contributed by atoms with van der Waals surface area (Å²) in [6.45, 7) is 7.77. The summed E-state index contributed by atoms with van der Waals surface area (Å²) >= 11 is 0. The van der Waals surface area contributed by atoms with Crippen molar-refractivity contribution in [3.05, 3.63) is 29.8 Å². The Morgan fingerprint density at radius 3 is 2.67 bits per heavy atom. The smallest absolute Gasteiger partial charge is 0.0366 e. The summed E-state index contributed by atoms with van der Waals surface area (Å²) in [7, 11) is 0. The number of nitrogens with zero attached hydrogens (tertiary/aromatic N) is 1. The van der Waals surface area contributed by atoms with Crippen LogP contribution in [-0.4, -0.2) is 25.7 Å². The van der Waals surface area contributed by atoms with E-state index in [-0.39, 0.29) is 0 Å². The molecular weight excluding hydrogens is 184 g/mol. The zero-order valence-electron chi connectivity index (χ0n) is 9.66. The molecular formula is C13H20N2. The molecule has 0 bridgehead atoms. The van der Waals surface area contributed by atoms with Gasteiger partial charge in [-0.05, 0) is 32.4 Å². The number of nitrogens with one attached hydrogen (secondary N) is 1. The van der Waals surface area contributed by atoms with Crippen molar-refractivity contribution in [3.8, 4) is 0 Å². The first-order valence-corrected chi connectivity index (χ1v) is 5.81. The van der Waals surface area contributed by atoms with E-state index in [0.29, 0.717) is 6.04 Å². The van der Waals surface area contributed by atoms with E-state index in [4.69, 9.17) is 0 Å². The first-order chi connectivity index (χ1) is 7.25. The lowest BCUT2D eigenvalue weighted by atomic mass is 10.2. The van der Waals surface area contributed by atoms with Gasteiger partial charge >= 0.3 is 0 Å². The molecule has 0 spiro atoms. The van der Waals surface area contributed by atoms with Crippen molar-refractivity contribution in [3.63, 3.8) is 0 Å². The van der Waals surface area contributed by atoms with Gasteiger partial charge in [-0.3, -0.25) is 0 Å². The predicted octanol–water partition coefficient (Wildman–Crippen LogP) is 2.18. The number of aryl methyl sites for hydroxylation is 1. The van der Waals surface area contributed by atoms with E-state index < -0.39 is 0 Å². The van der Waals surface area contributed by atoms with Crippen LogP contribution < -0.4 is 10.2 Å². The van der Waals surface area contributed by atoms with Gasteiger partial charge in [0, 0.05) is 31.4 Å². The van der Waals surface area contributed by atoms with Gasteiger partial charge in [0.25, 0.3) is 0 Å². The lowest BCUT2D eigenvalue weighted by Gasteiger charge is -2.22. The van der Waals surface area contributed by atoms with E-state index in [1.54, 1.807) is 0 Å². The van der Waals surface area contributed by atoms with E-state index >= 15 is 0 Å². The molecule has 82 valence electrons. The zero-order valence-corrected chi connectivity index (χ0v) is 9.66. The van der Waals surface area contributed by atoms with Crippen molar-refractivity contribution in [2.75, 3.05) is 24.5 Å². The van der Waals surface area contributed by atoms with Gasteiger partial charge in [-0.25, -0.2) is 0 Å². The molecule has 0 amide bonds. The molecule has 1 unspecified atom stereocenters. The molecule has 0 aliphatic carbocycles. The van der Waals surface area contributed by atoms with Gasteiger partial charge in [0.05, 0.1) is 0 Å². The molecule has 0 radical (unpaired) electrons. The third-order valence-electron chi connectivity index (χ3n) is 3.11. The van der Waals surface area contributed by atoms with Crippen LogP contribution in [0, 0.1) is 6.92 Å². The quantitative estimate of drug-likeness (QED) is 0.754. The molecule has 1 aromatic rings. The topological polar surface area (TPSA) is 15.3 Å². The van der Waals surface area contributed by atoms with Crippen LogP contribution in [0.3, 0.4) is 0 Å². The molecule has 1 heterocycles. The van der Waals surface area contributed by atoms with Crippen LogP contribution in [0.5, 0.6) is 0 Å². The van der Waals surface area contributed by atoms with Crippen molar-refractivity contribution >= 4 is 5.69 Å². The Morgan fingerprint density at radius 1 is 1.20 bits per heavy atom. The van der Waals surface area contributed by atoms with Gasteiger partial charge in [0.2, 0.25) is 0 Å². The lowest BCUT2D eigenvalue weighted by molar-refractivity contribution is 0.566. The molecule has 0 aromatic heterocycles. The number of anilines is 1. The van der Waals surface area contributed by atoms with Gasteiger partial charge in [0.15, 0.2) is 0 Å². The van der Waals surface area contributed by atoms with Crippen molar-refractivity contribution in [1.82, 2.24) is 5.32 Å². The molecule has 2 heteroatoms. The summed E-state index contributed by atoms with van der Waals surface area (Å²) in [6, 6.07) is 9.49. The zero-order chi connectivity index (χ0) is 10.7. The summed E-state index contributed by atoms with van der Waals surface area (Å²) < 4.78 is 0. The Hall–Kier alpha value is -1.02. The summed E-state index contributed by atoms with van der Waals surface area (Å²) in [5.74, 6) is 0. The van der Waals surface area contributed by atoms with Crippen molar-refractivity contribution in [1.29, 1.82) is 0 Å². The Kier molecular flexibility index (Phi) is 3.27. The molecule has 1 N–H and O–H groups in total. The maximum atomic E-state index is 3.51. The van der Waals surface area contributed by atoms with Crippen LogP contribution in [-0.2, 0) is 0 Å². The highest BCUT2D eigenvalue weighted by molar-refractivity contribution is 5.47. The Morgan fingerprint density at radius 2 is 1.93 bits per heavy atom. The van der Waals surface area contributed by atoms with E-state index in [1.165, 1.54) is 17.7 Å². The summed E-state index contributed by atoms with van der Waals surface area (Å²) in [4.78, 5) is 2.47. The van der Waals surface area contributed by atoms with Gasteiger partial charge in [-0.15, -0.1) is 0 Å². The number of rotatable bonds is 1. The molecule has 1 aliphatic heterocycles. The average molecular weight is 204 g/mol. The normalized spacial score (nSPS) is 22.5. The van der Waals surface area contributed by atoms with E-state index in [9.17, 15) is 0 Å². The highest BCUT2D eigenvalue weighted by Crippen LogP contribution is 2.16. The molecule has 1 atom stereocenters. The molecule has 0 saturated carbocycles. The van der Waals surface area contributed by atoms with Crippen molar-refractivity contribution < 1.29 is 0 Å². The van der Waals surface area contributed by atoms with Gasteiger partial charge < -0.3 is 10.2 Å².